The molecule has 0 radical (unpaired) electrons. The van der Waals surface area contributed by atoms with Crippen molar-refractivity contribution < 1.29 is 22.7 Å². The lowest BCUT2D eigenvalue weighted by Crippen LogP contribution is -2.25. The molecule has 2 aromatic carbocycles. The lowest BCUT2D eigenvalue weighted by Gasteiger charge is -2.17. The van der Waals surface area contributed by atoms with Crippen molar-refractivity contribution in [3.8, 4) is 11.5 Å². The highest BCUT2D eigenvalue weighted by Crippen LogP contribution is 2.31. The van der Waals surface area contributed by atoms with Crippen LogP contribution in [0.2, 0.25) is 0 Å². The second-order valence-corrected chi connectivity index (χ2v) is 10.1. The molecular formula is C25H24N4O5S. The summed E-state index contributed by atoms with van der Waals surface area (Å²) in [6, 6.07) is 17.4. The first-order chi connectivity index (χ1) is 16.9. The molecule has 1 aliphatic rings. The summed E-state index contributed by atoms with van der Waals surface area (Å²) in [6.45, 7) is 0.688. The van der Waals surface area contributed by atoms with Crippen LogP contribution in [0.4, 0.5) is 11.4 Å². The Balaban J connectivity index is 1.28. The van der Waals surface area contributed by atoms with Crippen LogP contribution in [0.5, 0.6) is 11.5 Å². The number of pyridine rings is 1. The zero-order valence-corrected chi connectivity index (χ0v) is 19.9. The molecule has 1 aliphatic heterocycles. The number of anilines is 2. The van der Waals surface area contributed by atoms with E-state index in [0.717, 1.165) is 11.3 Å². The van der Waals surface area contributed by atoms with Gasteiger partial charge in [0.15, 0.2) is 11.5 Å². The van der Waals surface area contributed by atoms with Gasteiger partial charge < -0.3 is 19.2 Å². The number of carbonyl (C=O) groups is 1. The van der Waals surface area contributed by atoms with Crippen LogP contribution in [0, 0.1) is 0 Å². The van der Waals surface area contributed by atoms with Gasteiger partial charge in [0.25, 0.3) is 5.91 Å². The lowest BCUT2D eigenvalue weighted by atomic mass is 10.2. The van der Waals surface area contributed by atoms with Gasteiger partial charge in [-0.15, -0.1) is 0 Å². The predicted molar refractivity (Wildman–Crippen MR) is 133 cm³/mol. The Morgan fingerprint density at radius 3 is 2.63 bits per heavy atom. The molecule has 4 aromatic rings. The molecule has 3 heterocycles. The van der Waals surface area contributed by atoms with E-state index in [0.29, 0.717) is 41.4 Å². The summed E-state index contributed by atoms with van der Waals surface area (Å²) in [4.78, 5) is 17.3. The molecule has 0 unspecified atom stereocenters. The number of sulfonamides is 1. The quantitative estimate of drug-likeness (QED) is 0.422. The minimum Gasteiger partial charge on any atom is -0.493 e. The minimum absolute atomic E-state index is 0.147. The van der Waals surface area contributed by atoms with E-state index in [2.05, 4.69) is 10.3 Å². The normalized spacial score (nSPS) is 14.7. The number of methoxy groups -OCH3 is 1. The maximum Gasteiger partial charge on any atom is 0.255 e. The molecule has 0 atom stereocenters. The molecule has 0 saturated carbocycles. The SMILES string of the molecule is COc1ccc(NC(=O)c2ccc(N3CCCS3(=O)=O)cc2)cc1OCc1cn2ccccc2n1. The molecule has 0 aliphatic carbocycles. The molecule has 1 N–H and O–H groups in total. The van der Waals surface area contributed by atoms with Gasteiger partial charge in [-0.25, -0.2) is 13.4 Å². The number of benzene rings is 2. The number of nitrogens with one attached hydrogen (secondary N) is 1. The maximum atomic E-state index is 12.8. The molecule has 1 saturated heterocycles. The number of amides is 1. The van der Waals surface area contributed by atoms with E-state index in [-0.39, 0.29) is 18.3 Å². The van der Waals surface area contributed by atoms with Crippen molar-refractivity contribution >= 4 is 33.0 Å². The molecular weight excluding hydrogens is 468 g/mol. The number of hydrogen-bond donors (Lipinski definition) is 1. The van der Waals surface area contributed by atoms with Gasteiger partial charge in [0, 0.05) is 36.3 Å². The van der Waals surface area contributed by atoms with Crippen LogP contribution < -0.4 is 19.1 Å². The Morgan fingerprint density at radius 1 is 1.09 bits per heavy atom. The largest absolute Gasteiger partial charge is 0.493 e. The van der Waals surface area contributed by atoms with Crippen LogP contribution in [0.1, 0.15) is 22.5 Å². The predicted octanol–water partition coefficient (Wildman–Crippen LogP) is 3.71. The molecule has 180 valence electrons. The minimum atomic E-state index is -3.27. The van der Waals surface area contributed by atoms with Crippen molar-refractivity contribution in [3.05, 3.63) is 84.3 Å². The maximum absolute atomic E-state index is 12.8. The van der Waals surface area contributed by atoms with Gasteiger partial charge in [0.05, 0.1) is 24.2 Å². The standard InChI is InChI=1S/C25H24N4O5S/c1-33-22-11-8-19(15-23(22)34-17-20-16-28-12-3-2-5-24(28)26-20)27-25(30)18-6-9-21(10-7-18)29-13-4-14-35(29,31)32/h2-3,5-12,15-16H,4,13-14,17H2,1H3,(H,27,30). The summed E-state index contributed by atoms with van der Waals surface area (Å²) < 4.78 is 38.9. The molecule has 0 bridgehead atoms. The third kappa shape index (κ3) is 4.78. The first-order valence-electron chi connectivity index (χ1n) is 11.1. The highest BCUT2D eigenvalue weighted by atomic mass is 32.2. The van der Waals surface area contributed by atoms with Gasteiger partial charge in [0.1, 0.15) is 12.3 Å². The van der Waals surface area contributed by atoms with Gasteiger partial charge >= 0.3 is 0 Å². The second kappa shape index (κ2) is 9.30. The number of carbonyl (C=O) groups excluding carboxylic acids is 1. The number of ether oxygens (including phenoxy) is 2. The number of aromatic nitrogens is 2. The van der Waals surface area contributed by atoms with Crippen molar-refractivity contribution in [2.24, 2.45) is 0 Å². The Bertz CT molecular complexity index is 1450. The number of rotatable bonds is 7. The Kier molecular flexibility index (Phi) is 6.04. The fraction of sp³-hybridized carbons (Fsp3) is 0.200. The first-order valence-corrected chi connectivity index (χ1v) is 12.7. The van der Waals surface area contributed by atoms with Gasteiger partial charge in [-0.1, -0.05) is 6.07 Å². The van der Waals surface area contributed by atoms with Gasteiger partial charge in [-0.3, -0.25) is 9.10 Å². The smallest absolute Gasteiger partial charge is 0.255 e. The van der Waals surface area contributed by atoms with E-state index in [1.165, 1.54) is 4.31 Å². The average molecular weight is 493 g/mol. The number of imidazole rings is 1. The van der Waals surface area contributed by atoms with Gasteiger partial charge in [-0.05, 0) is 55.0 Å². The highest BCUT2D eigenvalue weighted by Gasteiger charge is 2.28. The Hall–Kier alpha value is -4.05. The Morgan fingerprint density at radius 2 is 1.91 bits per heavy atom. The van der Waals surface area contributed by atoms with Crippen LogP contribution in [0.15, 0.2) is 73.1 Å². The molecule has 0 spiro atoms. The summed E-state index contributed by atoms with van der Waals surface area (Å²) >= 11 is 0. The zero-order chi connectivity index (χ0) is 24.4. The van der Waals surface area contributed by atoms with Crippen LogP contribution in [-0.4, -0.2) is 43.1 Å². The lowest BCUT2D eigenvalue weighted by molar-refractivity contribution is 0.102. The summed E-state index contributed by atoms with van der Waals surface area (Å²) in [5, 5.41) is 2.85. The highest BCUT2D eigenvalue weighted by molar-refractivity contribution is 7.93. The zero-order valence-electron chi connectivity index (χ0n) is 19.0. The third-order valence-corrected chi connectivity index (χ3v) is 7.60. The van der Waals surface area contributed by atoms with Gasteiger partial charge in [-0.2, -0.15) is 0 Å². The van der Waals surface area contributed by atoms with Crippen LogP contribution in [-0.2, 0) is 16.6 Å². The van der Waals surface area contributed by atoms with E-state index >= 15 is 0 Å². The van der Waals surface area contributed by atoms with Crippen molar-refractivity contribution in [3.63, 3.8) is 0 Å². The van der Waals surface area contributed by atoms with Crippen LogP contribution in [0.25, 0.3) is 5.65 Å². The average Bonchev–Trinajstić information content (AvgIpc) is 3.44. The number of nitrogens with zero attached hydrogens (tertiary/aromatic N) is 3. The fourth-order valence-electron chi connectivity index (χ4n) is 3.99. The molecule has 10 heteroatoms. The molecule has 5 rings (SSSR count). The molecule has 1 amide bonds. The van der Waals surface area contributed by atoms with Crippen molar-refractivity contribution in [1.29, 1.82) is 0 Å². The molecule has 35 heavy (non-hydrogen) atoms. The summed E-state index contributed by atoms with van der Waals surface area (Å²) in [5.41, 5.74) is 3.09. The Labute approximate surface area is 203 Å². The van der Waals surface area contributed by atoms with E-state index in [1.807, 2.05) is 35.0 Å². The van der Waals surface area contributed by atoms with Gasteiger partial charge in [0.2, 0.25) is 10.0 Å². The summed E-state index contributed by atoms with van der Waals surface area (Å²) in [6.07, 6.45) is 4.41. The number of fused-ring (bicyclic) bond motifs is 1. The topological polar surface area (TPSA) is 102 Å². The molecule has 2 aromatic heterocycles. The van der Waals surface area contributed by atoms with Crippen molar-refractivity contribution in [1.82, 2.24) is 9.38 Å². The summed E-state index contributed by atoms with van der Waals surface area (Å²) in [7, 11) is -1.72. The van der Waals surface area contributed by atoms with E-state index in [4.69, 9.17) is 9.47 Å². The van der Waals surface area contributed by atoms with E-state index in [9.17, 15) is 13.2 Å². The first kappa shape index (κ1) is 22.7. The van der Waals surface area contributed by atoms with Crippen LogP contribution in [0.3, 0.4) is 0 Å². The van der Waals surface area contributed by atoms with Crippen molar-refractivity contribution in [2.45, 2.75) is 13.0 Å². The number of hydrogen-bond acceptors (Lipinski definition) is 6. The fourth-order valence-corrected chi connectivity index (χ4v) is 5.55. The second-order valence-electron chi connectivity index (χ2n) is 8.10. The van der Waals surface area contributed by atoms with Crippen molar-refractivity contribution in [2.75, 3.05) is 29.0 Å². The molecule has 1 fully saturated rings. The van der Waals surface area contributed by atoms with Crippen LogP contribution >= 0.6 is 0 Å². The third-order valence-electron chi connectivity index (χ3n) is 5.73. The monoisotopic (exact) mass is 492 g/mol. The van der Waals surface area contributed by atoms with E-state index < -0.39 is 10.0 Å². The molecule has 9 nitrogen and oxygen atoms in total. The van der Waals surface area contributed by atoms with E-state index in [1.54, 1.807) is 49.6 Å². The summed E-state index contributed by atoms with van der Waals surface area (Å²) in [5.74, 6) is 0.825.